The average Bonchev–Trinajstić information content (AvgIpc) is 2.63. The predicted molar refractivity (Wildman–Crippen MR) is 107 cm³/mol. The summed E-state index contributed by atoms with van der Waals surface area (Å²) in [5, 5.41) is 12.6. The highest BCUT2D eigenvalue weighted by molar-refractivity contribution is 7.25. The van der Waals surface area contributed by atoms with Crippen LogP contribution < -0.4 is 4.52 Å². The van der Waals surface area contributed by atoms with Crippen LogP contribution in [0.15, 0.2) is 61.2 Å². The molecule has 126 valence electrons. The largest absolute Gasteiger partial charge is 0.507 e. The lowest BCUT2D eigenvalue weighted by molar-refractivity contribution is 0.476. The Hall–Kier alpha value is -2.61. The van der Waals surface area contributed by atoms with Gasteiger partial charge in [0.25, 0.3) is 0 Å². The molecule has 0 radical (unpaired) electrons. The monoisotopic (exact) mass is 350 g/mol. The molecular weight excluding hydrogens is 331 g/mol. The van der Waals surface area contributed by atoms with Crippen LogP contribution in [0.1, 0.15) is 18.1 Å². The molecule has 0 aromatic heterocycles. The first kappa shape index (κ1) is 17.2. The highest BCUT2D eigenvalue weighted by atomic mass is 31.1. The second-order valence-electron chi connectivity index (χ2n) is 5.52. The van der Waals surface area contributed by atoms with E-state index in [2.05, 4.69) is 6.58 Å². The molecule has 0 fully saturated rings. The summed E-state index contributed by atoms with van der Waals surface area (Å²) in [5.41, 5.74) is 3.20. The summed E-state index contributed by atoms with van der Waals surface area (Å²) >= 11 is 0. The number of allylic oxidation sites excluding steroid dienone is 1. The molecule has 0 aliphatic heterocycles. The first-order valence-electron chi connectivity index (χ1n) is 7.90. The molecule has 0 aliphatic rings. The predicted octanol–water partition coefficient (Wildman–Crippen LogP) is 5.77. The number of aromatic hydroxyl groups is 1. The fourth-order valence-corrected chi connectivity index (χ4v) is 3.32. The van der Waals surface area contributed by atoms with E-state index in [4.69, 9.17) is 4.52 Å². The second-order valence-corrected chi connectivity index (χ2v) is 5.91. The standard InChI is InChI=1S/C21H19O3P/c1-3-7-16-14(4-2)10-12-18(22)20(16)21-17-9-6-5-8-15(17)11-13-19(21)24-25-23/h3-13,22-23,25H,2H2,1H3/b7-3-. The smallest absolute Gasteiger partial charge is 0.212 e. The Balaban J connectivity index is 2.47. The molecule has 0 saturated carbocycles. The van der Waals surface area contributed by atoms with Crippen molar-refractivity contribution < 1.29 is 14.5 Å². The highest BCUT2D eigenvalue weighted by Crippen LogP contribution is 2.45. The fraction of sp³-hybridized carbons (Fsp3) is 0.0476. The van der Waals surface area contributed by atoms with E-state index in [0.29, 0.717) is 11.3 Å². The van der Waals surface area contributed by atoms with Crippen LogP contribution in [0, 0.1) is 0 Å². The van der Waals surface area contributed by atoms with Gasteiger partial charge < -0.3 is 14.5 Å². The van der Waals surface area contributed by atoms with Crippen molar-refractivity contribution in [3.8, 4) is 22.6 Å². The van der Waals surface area contributed by atoms with Gasteiger partial charge >= 0.3 is 0 Å². The molecule has 3 aromatic carbocycles. The number of hydrogen-bond donors (Lipinski definition) is 2. The molecule has 0 heterocycles. The molecule has 3 aromatic rings. The minimum Gasteiger partial charge on any atom is -0.507 e. The molecule has 4 heteroatoms. The van der Waals surface area contributed by atoms with Crippen molar-refractivity contribution in [1.82, 2.24) is 0 Å². The van der Waals surface area contributed by atoms with Crippen LogP contribution >= 0.6 is 9.03 Å². The van der Waals surface area contributed by atoms with E-state index in [0.717, 1.165) is 27.5 Å². The van der Waals surface area contributed by atoms with Gasteiger partial charge in [-0.3, -0.25) is 0 Å². The summed E-state index contributed by atoms with van der Waals surface area (Å²) in [4.78, 5) is 9.32. The lowest BCUT2D eigenvalue weighted by Crippen LogP contribution is -1.93. The van der Waals surface area contributed by atoms with Crippen LogP contribution in [-0.4, -0.2) is 10.00 Å². The molecule has 0 aliphatic carbocycles. The van der Waals surface area contributed by atoms with Crippen molar-refractivity contribution in [2.75, 3.05) is 0 Å². The van der Waals surface area contributed by atoms with Crippen LogP contribution in [-0.2, 0) is 0 Å². The van der Waals surface area contributed by atoms with Crippen LogP contribution in [0.3, 0.4) is 0 Å². The third-order valence-corrected chi connectivity index (χ3v) is 4.42. The van der Waals surface area contributed by atoms with Gasteiger partial charge in [-0.1, -0.05) is 61.2 Å². The van der Waals surface area contributed by atoms with E-state index < -0.39 is 9.03 Å². The Kier molecular flexibility index (Phi) is 5.18. The van der Waals surface area contributed by atoms with Gasteiger partial charge in [-0.15, -0.1) is 0 Å². The van der Waals surface area contributed by atoms with E-state index in [9.17, 15) is 10.00 Å². The van der Waals surface area contributed by atoms with Crippen molar-refractivity contribution in [2.45, 2.75) is 6.92 Å². The molecule has 3 nitrogen and oxygen atoms in total. The summed E-state index contributed by atoms with van der Waals surface area (Å²) < 4.78 is 5.48. The molecule has 0 spiro atoms. The first-order chi connectivity index (χ1) is 12.2. The first-order valence-corrected chi connectivity index (χ1v) is 8.76. The van der Waals surface area contributed by atoms with Crippen molar-refractivity contribution in [1.29, 1.82) is 0 Å². The van der Waals surface area contributed by atoms with Crippen LogP contribution in [0.4, 0.5) is 0 Å². The van der Waals surface area contributed by atoms with E-state index in [-0.39, 0.29) is 5.75 Å². The Labute approximate surface area is 148 Å². The van der Waals surface area contributed by atoms with E-state index in [1.54, 1.807) is 12.1 Å². The van der Waals surface area contributed by atoms with Gasteiger partial charge in [0.1, 0.15) is 11.5 Å². The van der Waals surface area contributed by atoms with Crippen molar-refractivity contribution in [3.63, 3.8) is 0 Å². The van der Waals surface area contributed by atoms with Gasteiger partial charge in [-0.2, -0.15) is 0 Å². The van der Waals surface area contributed by atoms with Gasteiger partial charge in [0, 0.05) is 11.1 Å². The molecule has 25 heavy (non-hydrogen) atoms. The molecule has 0 bridgehead atoms. The van der Waals surface area contributed by atoms with Crippen molar-refractivity contribution >= 4 is 32.0 Å². The molecule has 2 N–H and O–H groups in total. The normalized spacial score (nSPS) is 11.6. The minimum absolute atomic E-state index is 0.154. The van der Waals surface area contributed by atoms with Crippen molar-refractivity contribution in [3.05, 3.63) is 72.3 Å². The maximum Gasteiger partial charge on any atom is 0.212 e. The summed E-state index contributed by atoms with van der Waals surface area (Å²) in [7, 11) is -0.680. The maximum absolute atomic E-state index is 10.7. The Morgan fingerprint density at radius 3 is 2.56 bits per heavy atom. The Morgan fingerprint density at radius 2 is 1.84 bits per heavy atom. The van der Waals surface area contributed by atoms with E-state index in [1.165, 1.54) is 0 Å². The molecule has 0 saturated heterocycles. The SMILES string of the molecule is C=Cc1ccc(O)c(-c2c(OPO)ccc3ccccc23)c1/C=C\C. The van der Waals surface area contributed by atoms with Crippen LogP contribution in [0.2, 0.25) is 0 Å². The molecule has 3 rings (SSSR count). The zero-order valence-corrected chi connectivity index (χ0v) is 14.9. The number of rotatable bonds is 5. The lowest BCUT2D eigenvalue weighted by Gasteiger charge is -2.18. The molecule has 1 unspecified atom stereocenters. The number of fused-ring (bicyclic) bond motifs is 1. The Bertz CT molecular complexity index is 961. The maximum atomic E-state index is 10.7. The van der Waals surface area contributed by atoms with Gasteiger partial charge in [-0.25, -0.2) is 0 Å². The average molecular weight is 350 g/mol. The highest BCUT2D eigenvalue weighted by Gasteiger charge is 2.19. The van der Waals surface area contributed by atoms with Crippen molar-refractivity contribution in [2.24, 2.45) is 0 Å². The topological polar surface area (TPSA) is 49.7 Å². The van der Waals surface area contributed by atoms with Crippen LogP contribution in [0.25, 0.3) is 34.1 Å². The summed E-state index contributed by atoms with van der Waals surface area (Å²) in [6.45, 7) is 5.80. The third kappa shape index (κ3) is 3.17. The van der Waals surface area contributed by atoms with E-state index >= 15 is 0 Å². The molecule has 0 amide bonds. The van der Waals surface area contributed by atoms with Gasteiger partial charge in [-0.05, 0) is 41.0 Å². The summed E-state index contributed by atoms with van der Waals surface area (Å²) in [6.07, 6.45) is 5.63. The zero-order chi connectivity index (χ0) is 17.8. The van der Waals surface area contributed by atoms with Gasteiger partial charge in [0.15, 0.2) is 0 Å². The van der Waals surface area contributed by atoms with Gasteiger partial charge in [0.2, 0.25) is 9.03 Å². The quantitative estimate of drug-likeness (QED) is 0.575. The zero-order valence-electron chi connectivity index (χ0n) is 13.9. The number of phenolic OH excluding ortho intramolecular Hbond substituents is 1. The van der Waals surface area contributed by atoms with Gasteiger partial charge in [0.05, 0.1) is 0 Å². The Morgan fingerprint density at radius 1 is 1.04 bits per heavy atom. The summed E-state index contributed by atoms with van der Waals surface area (Å²) in [6, 6.07) is 15.2. The third-order valence-electron chi connectivity index (χ3n) is 4.11. The fourth-order valence-electron chi connectivity index (χ4n) is 3.05. The lowest BCUT2D eigenvalue weighted by atomic mass is 9.90. The second kappa shape index (κ2) is 7.52. The van der Waals surface area contributed by atoms with E-state index in [1.807, 2.05) is 61.5 Å². The number of phenols is 1. The number of hydrogen-bond acceptors (Lipinski definition) is 3. The minimum atomic E-state index is -0.680. The molecule has 1 atom stereocenters. The number of benzene rings is 3. The summed E-state index contributed by atoms with van der Waals surface area (Å²) in [5.74, 6) is 0.683. The van der Waals surface area contributed by atoms with Crippen LogP contribution in [0.5, 0.6) is 11.5 Å². The molecular formula is C21H19O3P.